The van der Waals surface area contributed by atoms with E-state index in [-0.39, 0.29) is 0 Å². The standard InChI is InChI=1S/C18H23N.C6H13N.C2H6/c1-3-16-11-8-12-18(13-16)15-19(4-2)14-17-9-6-5-7-10-17;1-2-7-5-3-4-6-7;1-2/h5-13H,3-4,14-15H2,1-2H3;2-6H2,1H3;1-2H3. The maximum Gasteiger partial charge on any atom is 0.0237 e. The third-order valence-electron chi connectivity index (χ3n) is 5.15. The third kappa shape index (κ3) is 9.52. The molecule has 0 N–H and O–H groups in total. The third-order valence-corrected chi connectivity index (χ3v) is 5.15. The summed E-state index contributed by atoms with van der Waals surface area (Å²) in [5, 5.41) is 0. The van der Waals surface area contributed by atoms with Crippen molar-refractivity contribution >= 4 is 0 Å². The van der Waals surface area contributed by atoms with Crippen molar-refractivity contribution in [1.82, 2.24) is 9.80 Å². The molecule has 1 saturated heterocycles. The summed E-state index contributed by atoms with van der Waals surface area (Å²) in [7, 11) is 0. The molecule has 1 aliphatic rings. The fraction of sp³-hybridized carbons (Fsp3) is 0.538. The van der Waals surface area contributed by atoms with E-state index in [0.717, 1.165) is 26.1 Å². The van der Waals surface area contributed by atoms with Crippen LogP contribution in [0.2, 0.25) is 0 Å². The maximum atomic E-state index is 2.49. The fourth-order valence-corrected chi connectivity index (χ4v) is 3.43. The Bertz CT molecular complexity index is 603. The second kappa shape index (κ2) is 15.3. The molecule has 2 nitrogen and oxygen atoms in total. The van der Waals surface area contributed by atoms with Crippen LogP contribution >= 0.6 is 0 Å². The zero-order valence-corrected chi connectivity index (χ0v) is 19.0. The van der Waals surface area contributed by atoms with Gasteiger partial charge in [0.2, 0.25) is 0 Å². The van der Waals surface area contributed by atoms with Crippen LogP contribution in [0.1, 0.15) is 64.2 Å². The lowest BCUT2D eigenvalue weighted by molar-refractivity contribution is 0.271. The molecule has 0 spiro atoms. The Morgan fingerprint density at radius 1 is 0.750 bits per heavy atom. The Labute approximate surface area is 174 Å². The molecular weight excluding hydrogens is 340 g/mol. The highest BCUT2D eigenvalue weighted by Gasteiger charge is 2.07. The summed E-state index contributed by atoms with van der Waals surface area (Å²) in [6.45, 7) is 17.7. The molecule has 1 aliphatic heterocycles. The maximum absolute atomic E-state index is 2.49. The summed E-state index contributed by atoms with van der Waals surface area (Å²) >= 11 is 0. The number of benzene rings is 2. The zero-order valence-electron chi connectivity index (χ0n) is 19.0. The van der Waals surface area contributed by atoms with Gasteiger partial charge in [0.1, 0.15) is 0 Å². The van der Waals surface area contributed by atoms with Crippen LogP contribution in [0, 0.1) is 0 Å². The average Bonchev–Trinajstić information content (AvgIpc) is 3.30. The number of hydrogen-bond acceptors (Lipinski definition) is 2. The Morgan fingerprint density at radius 3 is 1.86 bits per heavy atom. The van der Waals surface area contributed by atoms with Crippen molar-refractivity contribution < 1.29 is 0 Å². The molecular formula is C26H42N2. The van der Waals surface area contributed by atoms with Crippen molar-refractivity contribution in [3.63, 3.8) is 0 Å². The summed E-state index contributed by atoms with van der Waals surface area (Å²) < 4.78 is 0. The molecule has 2 aromatic rings. The van der Waals surface area contributed by atoms with Crippen molar-refractivity contribution in [2.24, 2.45) is 0 Å². The number of aryl methyl sites for hydroxylation is 1. The number of nitrogens with zero attached hydrogens (tertiary/aromatic N) is 2. The van der Waals surface area contributed by atoms with Crippen molar-refractivity contribution in [1.29, 1.82) is 0 Å². The highest BCUT2D eigenvalue weighted by atomic mass is 15.1. The summed E-state index contributed by atoms with van der Waals surface area (Å²) in [5.74, 6) is 0. The minimum Gasteiger partial charge on any atom is -0.304 e. The van der Waals surface area contributed by atoms with Gasteiger partial charge in [-0.25, -0.2) is 0 Å². The quantitative estimate of drug-likeness (QED) is 0.547. The highest BCUT2D eigenvalue weighted by molar-refractivity contribution is 5.23. The summed E-state index contributed by atoms with van der Waals surface area (Å²) in [6, 6.07) is 19.6. The minimum absolute atomic E-state index is 1.02. The molecule has 156 valence electrons. The van der Waals surface area contributed by atoms with Gasteiger partial charge in [-0.05, 0) is 62.1 Å². The van der Waals surface area contributed by atoms with E-state index in [9.17, 15) is 0 Å². The first-order valence-electron chi connectivity index (χ1n) is 11.3. The molecule has 1 fully saturated rings. The largest absolute Gasteiger partial charge is 0.304 e. The SMILES string of the molecule is CC.CCN1CCCC1.CCc1cccc(CN(CC)Cc2ccccc2)c1. The zero-order chi connectivity index (χ0) is 20.6. The first-order valence-corrected chi connectivity index (χ1v) is 11.3. The highest BCUT2D eigenvalue weighted by Crippen LogP contribution is 2.12. The Balaban J connectivity index is 0.000000363. The molecule has 1 heterocycles. The molecule has 0 radical (unpaired) electrons. The van der Waals surface area contributed by atoms with Crippen LogP contribution in [0.5, 0.6) is 0 Å². The van der Waals surface area contributed by atoms with Crippen molar-refractivity contribution in [3.05, 3.63) is 71.3 Å². The summed E-state index contributed by atoms with van der Waals surface area (Å²) in [4.78, 5) is 4.96. The lowest BCUT2D eigenvalue weighted by Crippen LogP contribution is -2.22. The van der Waals surface area contributed by atoms with Gasteiger partial charge in [0, 0.05) is 13.1 Å². The van der Waals surface area contributed by atoms with Crippen LogP contribution in [0.25, 0.3) is 0 Å². The van der Waals surface area contributed by atoms with Crippen LogP contribution in [0.4, 0.5) is 0 Å². The number of hydrogen-bond donors (Lipinski definition) is 0. The lowest BCUT2D eigenvalue weighted by Gasteiger charge is -2.21. The molecule has 0 aromatic heterocycles. The predicted molar refractivity (Wildman–Crippen MR) is 125 cm³/mol. The van der Waals surface area contributed by atoms with Crippen molar-refractivity contribution in [2.45, 2.75) is 67.0 Å². The smallest absolute Gasteiger partial charge is 0.0237 e. The summed E-state index contributed by atoms with van der Waals surface area (Å²) in [6.07, 6.45) is 3.96. The van der Waals surface area contributed by atoms with Crippen LogP contribution in [0.15, 0.2) is 54.6 Å². The molecule has 0 unspecified atom stereocenters. The van der Waals surface area contributed by atoms with Gasteiger partial charge in [-0.15, -0.1) is 0 Å². The molecule has 28 heavy (non-hydrogen) atoms. The minimum atomic E-state index is 1.02. The van der Waals surface area contributed by atoms with Crippen molar-refractivity contribution in [2.75, 3.05) is 26.2 Å². The lowest BCUT2D eigenvalue weighted by atomic mass is 10.1. The van der Waals surface area contributed by atoms with E-state index in [1.165, 1.54) is 49.2 Å². The first-order chi connectivity index (χ1) is 13.7. The Kier molecular flexibility index (Phi) is 13.3. The van der Waals surface area contributed by atoms with E-state index in [1.807, 2.05) is 13.8 Å². The monoisotopic (exact) mass is 382 g/mol. The van der Waals surface area contributed by atoms with Gasteiger partial charge >= 0.3 is 0 Å². The van der Waals surface area contributed by atoms with E-state index in [4.69, 9.17) is 0 Å². The Hall–Kier alpha value is -1.64. The fourth-order valence-electron chi connectivity index (χ4n) is 3.43. The van der Waals surface area contributed by atoms with Crippen LogP contribution < -0.4 is 0 Å². The van der Waals surface area contributed by atoms with E-state index in [0.29, 0.717) is 0 Å². The van der Waals surface area contributed by atoms with Gasteiger partial charge in [-0.2, -0.15) is 0 Å². The van der Waals surface area contributed by atoms with Gasteiger partial charge in [-0.3, -0.25) is 4.90 Å². The summed E-state index contributed by atoms with van der Waals surface area (Å²) in [5.41, 5.74) is 4.22. The molecule has 0 bridgehead atoms. The van der Waals surface area contributed by atoms with Crippen LogP contribution in [-0.4, -0.2) is 36.0 Å². The number of likely N-dealkylation sites (tertiary alicyclic amines) is 1. The van der Waals surface area contributed by atoms with E-state index < -0.39 is 0 Å². The molecule has 0 atom stereocenters. The van der Waals surface area contributed by atoms with Gasteiger partial charge < -0.3 is 4.90 Å². The van der Waals surface area contributed by atoms with Gasteiger partial charge in [0.05, 0.1) is 0 Å². The van der Waals surface area contributed by atoms with E-state index in [1.54, 1.807) is 0 Å². The van der Waals surface area contributed by atoms with Gasteiger partial charge in [0.25, 0.3) is 0 Å². The van der Waals surface area contributed by atoms with Crippen LogP contribution in [-0.2, 0) is 19.5 Å². The van der Waals surface area contributed by atoms with E-state index >= 15 is 0 Å². The molecule has 0 amide bonds. The second-order valence-electron chi connectivity index (χ2n) is 7.10. The van der Waals surface area contributed by atoms with Crippen LogP contribution in [0.3, 0.4) is 0 Å². The molecule has 2 heteroatoms. The van der Waals surface area contributed by atoms with Gasteiger partial charge in [-0.1, -0.05) is 89.2 Å². The molecule has 2 aromatic carbocycles. The second-order valence-corrected chi connectivity index (χ2v) is 7.10. The van der Waals surface area contributed by atoms with Crippen molar-refractivity contribution in [3.8, 4) is 0 Å². The number of rotatable bonds is 7. The Morgan fingerprint density at radius 2 is 1.32 bits per heavy atom. The predicted octanol–water partition coefficient (Wildman–Crippen LogP) is 6.40. The normalized spacial score (nSPS) is 13.5. The molecule has 3 rings (SSSR count). The molecule has 0 saturated carbocycles. The molecule has 0 aliphatic carbocycles. The topological polar surface area (TPSA) is 6.48 Å². The van der Waals surface area contributed by atoms with Gasteiger partial charge in [0.15, 0.2) is 0 Å². The average molecular weight is 383 g/mol. The first kappa shape index (κ1) is 24.4. The van der Waals surface area contributed by atoms with E-state index in [2.05, 4.69) is 85.2 Å².